The zero-order chi connectivity index (χ0) is 20.6. The van der Waals surface area contributed by atoms with Gasteiger partial charge in [-0.05, 0) is 49.5 Å². The van der Waals surface area contributed by atoms with Crippen molar-refractivity contribution in [2.45, 2.75) is 77.6 Å². The Kier molecular flexibility index (Phi) is 5.91. The standard InChI is InChI=1S/C25H37NOSi/c1-20-23(18-19-26(20)24(2,3)4)27-28(25(5,6)7,21-14-10-8-11-15-21)22-16-12-9-13-17-22/h8-17,20,23H,18-19H2,1-7H3/t20-,23+/m0/s1. The van der Waals surface area contributed by atoms with E-state index < -0.39 is 8.32 Å². The van der Waals surface area contributed by atoms with Crippen molar-refractivity contribution in [2.75, 3.05) is 6.54 Å². The Balaban J connectivity index is 2.10. The fourth-order valence-corrected chi connectivity index (χ4v) is 9.72. The molecular formula is C25H37NOSi. The summed E-state index contributed by atoms with van der Waals surface area (Å²) in [5.41, 5.74) is 0.170. The summed E-state index contributed by atoms with van der Waals surface area (Å²) in [6, 6.07) is 22.4. The first-order chi connectivity index (χ1) is 13.1. The average Bonchev–Trinajstić information content (AvgIpc) is 3.00. The molecule has 2 aromatic carbocycles. The molecule has 2 nitrogen and oxygen atoms in total. The lowest BCUT2D eigenvalue weighted by Crippen LogP contribution is -2.68. The first-order valence-electron chi connectivity index (χ1n) is 10.6. The fraction of sp³-hybridized carbons (Fsp3) is 0.520. The van der Waals surface area contributed by atoms with Gasteiger partial charge in [-0.2, -0.15) is 0 Å². The topological polar surface area (TPSA) is 12.5 Å². The van der Waals surface area contributed by atoms with Gasteiger partial charge in [0.15, 0.2) is 0 Å². The van der Waals surface area contributed by atoms with Crippen molar-refractivity contribution in [1.29, 1.82) is 0 Å². The van der Waals surface area contributed by atoms with Crippen LogP contribution < -0.4 is 10.4 Å². The van der Waals surface area contributed by atoms with Crippen LogP contribution in [0, 0.1) is 0 Å². The lowest BCUT2D eigenvalue weighted by Gasteiger charge is -2.46. The van der Waals surface area contributed by atoms with E-state index in [1.807, 2.05) is 0 Å². The molecule has 1 saturated heterocycles. The number of rotatable bonds is 4. The van der Waals surface area contributed by atoms with E-state index >= 15 is 0 Å². The molecule has 0 saturated carbocycles. The minimum Gasteiger partial charge on any atom is -0.403 e. The van der Waals surface area contributed by atoms with Crippen molar-refractivity contribution in [3.8, 4) is 0 Å². The fourth-order valence-electron chi connectivity index (χ4n) is 4.93. The van der Waals surface area contributed by atoms with E-state index in [0.717, 1.165) is 13.0 Å². The zero-order valence-electron chi connectivity index (χ0n) is 18.7. The van der Waals surface area contributed by atoms with Crippen LogP contribution in [0.15, 0.2) is 60.7 Å². The van der Waals surface area contributed by atoms with Gasteiger partial charge in [-0.3, -0.25) is 4.90 Å². The number of hydrogen-bond donors (Lipinski definition) is 0. The third-order valence-electron chi connectivity index (χ3n) is 6.29. The average molecular weight is 396 g/mol. The smallest absolute Gasteiger partial charge is 0.261 e. The van der Waals surface area contributed by atoms with Crippen molar-refractivity contribution in [1.82, 2.24) is 4.90 Å². The zero-order valence-corrected chi connectivity index (χ0v) is 19.7. The van der Waals surface area contributed by atoms with Crippen LogP contribution in [0.3, 0.4) is 0 Å². The van der Waals surface area contributed by atoms with E-state index in [1.54, 1.807) is 0 Å². The quantitative estimate of drug-likeness (QED) is 0.688. The van der Waals surface area contributed by atoms with Crippen molar-refractivity contribution >= 4 is 18.7 Å². The van der Waals surface area contributed by atoms with Crippen LogP contribution in [-0.4, -0.2) is 37.4 Å². The summed E-state index contributed by atoms with van der Waals surface area (Å²) in [7, 11) is -2.47. The van der Waals surface area contributed by atoms with Crippen LogP contribution in [-0.2, 0) is 4.43 Å². The Morgan fingerprint density at radius 1 is 0.821 bits per heavy atom. The molecular weight excluding hydrogens is 358 g/mol. The summed E-state index contributed by atoms with van der Waals surface area (Å²) in [5.74, 6) is 0. The van der Waals surface area contributed by atoms with E-state index in [1.165, 1.54) is 10.4 Å². The molecule has 0 aliphatic carbocycles. The van der Waals surface area contributed by atoms with E-state index in [2.05, 4.69) is 114 Å². The Labute approximate surface area is 173 Å². The molecule has 1 aliphatic rings. The molecule has 1 aliphatic heterocycles. The predicted octanol–water partition coefficient (Wildman–Crippen LogP) is 4.82. The summed E-state index contributed by atoms with van der Waals surface area (Å²) in [6.07, 6.45) is 1.36. The second-order valence-corrected chi connectivity index (χ2v) is 14.5. The van der Waals surface area contributed by atoms with Crippen molar-refractivity contribution in [3.05, 3.63) is 60.7 Å². The summed E-state index contributed by atoms with van der Waals surface area (Å²) in [5, 5.41) is 2.77. The molecule has 1 fully saturated rings. The van der Waals surface area contributed by atoms with E-state index in [0.29, 0.717) is 6.04 Å². The van der Waals surface area contributed by atoms with Crippen LogP contribution in [0.2, 0.25) is 5.04 Å². The summed E-state index contributed by atoms with van der Waals surface area (Å²) >= 11 is 0. The van der Waals surface area contributed by atoms with Gasteiger partial charge >= 0.3 is 0 Å². The maximum absolute atomic E-state index is 7.37. The van der Waals surface area contributed by atoms with Crippen LogP contribution >= 0.6 is 0 Å². The number of likely N-dealkylation sites (tertiary alicyclic amines) is 1. The van der Waals surface area contributed by atoms with Crippen LogP contribution in [0.25, 0.3) is 0 Å². The minimum atomic E-state index is -2.47. The van der Waals surface area contributed by atoms with Gasteiger partial charge in [0.05, 0.1) is 6.10 Å². The van der Waals surface area contributed by atoms with E-state index in [4.69, 9.17) is 4.43 Å². The van der Waals surface area contributed by atoms with Crippen molar-refractivity contribution in [3.63, 3.8) is 0 Å². The molecule has 0 N–H and O–H groups in total. The molecule has 3 rings (SSSR count). The molecule has 0 bridgehead atoms. The lowest BCUT2D eigenvalue weighted by atomic mass is 10.1. The number of benzene rings is 2. The van der Waals surface area contributed by atoms with Gasteiger partial charge in [-0.15, -0.1) is 0 Å². The molecule has 152 valence electrons. The molecule has 0 unspecified atom stereocenters. The second-order valence-electron chi connectivity index (χ2n) is 10.2. The summed E-state index contributed by atoms with van der Waals surface area (Å²) in [6.45, 7) is 17.5. The highest BCUT2D eigenvalue weighted by atomic mass is 28.4. The van der Waals surface area contributed by atoms with Crippen LogP contribution in [0.1, 0.15) is 54.9 Å². The van der Waals surface area contributed by atoms with E-state index in [-0.39, 0.29) is 16.7 Å². The van der Waals surface area contributed by atoms with Gasteiger partial charge in [-0.1, -0.05) is 81.4 Å². The van der Waals surface area contributed by atoms with Gasteiger partial charge < -0.3 is 4.43 Å². The molecule has 2 atom stereocenters. The first-order valence-corrected chi connectivity index (χ1v) is 12.5. The summed E-state index contributed by atoms with van der Waals surface area (Å²) < 4.78 is 7.37. The number of hydrogen-bond acceptors (Lipinski definition) is 2. The maximum Gasteiger partial charge on any atom is 0.261 e. The molecule has 2 aromatic rings. The largest absolute Gasteiger partial charge is 0.403 e. The molecule has 3 heteroatoms. The van der Waals surface area contributed by atoms with Crippen molar-refractivity contribution in [2.24, 2.45) is 0 Å². The highest BCUT2D eigenvalue weighted by molar-refractivity contribution is 6.99. The maximum atomic E-state index is 7.37. The third kappa shape index (κ3) is 3.85. The molecule has 0 amide bonds. The highest BCUT2D eigenvalue weighted by Crippen LogP contribution is 2.40. The Hall–Kier alpha value is -1.42. The van der Waals surface area contributed by atoms with Crippen LogP contribution in [0.4, 0.5) is 0 Å². The van der Waals surface area contributed by atoms with Gasteiger partial charge in [0.2, 0.25) is 0 Å². The van der Waals surface area contributed by atoms with Gasteiger partial charge in [-0.25, -0.2) is 0 Å². The normalized spacial score (nSPS) is 21.8. The molecule has 0 radical (unpaired) electrons. The predicted molar refractivity (Wildman–Crippen MR) is 123 cm³/mol. The van der Waals surface area contributed by atoms with Gasteiger partial charge in [0, 0.05) is 18.1 Å². The second kappa shape index (κ2) is 7.77. The van der Waals surface area contributed by atoms with Gasteiger partial charge in [0.1, 0.15) is 0 Å². The molecule has 1 heterocycles. The first kappa shape index (κ1) is 21.3. The Bertz CT molecular complexity index is 721. The lowest BCUT2D eigenvalue weighted by molar-refractivity contribution is 0.0809. The SMILES string of the molecule is C[C@H]1[C@H](O[Si](c2ccccc2)(c2ccccc2)C(C)(C)C)CCN1C(C)(C)C. The Morgan fingerprint density at radius 3 is 1.64 bits per heavy atom. The van der Waals surface area contributed by atoms with Crippen LogP contribution in [0.5, 0.6) is 0 Å². The minimum absolute atomic E-state index is 0.0323. The highest BCUT2D eigenvalue weighted by Gasteiger charge is 2.53. The molecule has 28 heavy (non-hydrogen) atoms. The summed E-state index contributed by atoms with van der Waals surface area (Å²) in [4.78, 5) is 2.61. The monoisotopic (exact) mass is 395 g/mol. The molecule has 0 aromatic heterocycles. The molecule has 0 spiro atoms. The third-order valence-corrected chi connectivity index (χ3v) is 11.4. The Morgan fingerprint density at radius 2 is 1.29 bits per heavy atom. The van der Waals surface area contributed by atoms with Gasteiger partial charge in [0.25, 0.3) is 8.32 Å². The van der Waals surface area contributed by atoms with Crippen molar-refractivity contribution < 1.29 is 4.43 Å². The number of nitrogens with zero attached hydrogens (tertiary/aromatic N) is 1. The van der Waals surface area contributed by atoms with E-state index in [9.17, 15) is 0 Å².